The van der Waals surface area contributed by atoms with E-state index in [4.69, 9.17) is 5.84 Å². The fourth-order valence-corrected chi connectivity index (χ4v) is 2.17. The summed E-state index contributed by atoms with van der Waals surface area (Å²) in [4.78, 5) is 4.65. The van der Waals surface area contributed by atoms with Gasteiger partial charge in [0.1, 0.15) is 5.82 Å². The summed E-state index contributed by atoms with van der Waals surface area (Å²) >= 11 is 0. The van der Waals surface area contributed by atoms with Crippen molar-refractivity contribution in [3.05, 3.63) is 35.4 Å². The molecule has 1 aromatic carbocycles. The number of nitrogen functional groups attached to an aromatic ring is 1. The van der Waals surface area contributed by atoms with Crippen molar-refractivity contribution in [1.29, 1.82) is 0 Å². The Morgan fingerprint density at radius 1 is 1.24 bits per heavy atom. The molecule has 0 aliphatic carbocycles. The maximum Gasteiger partial charge on any atom is 0.143 e. The molecule has 1 aromatic heterocycles. The summed E-state index contributed by atoms with van der Waals surface area (Å²) in [5, 5.41) is 1.20. The van der Waals surface area contributed by atoms with Crippen LogP contribution in [0.2, 0.25) is 0 Å². The lowest BCUT2D eigenvalue weighted by Gasteiger charge is -2.10. The molecule has 0 fully saturated rings. The van der Waals surface area contributed by atoms with Gasteiger partial charge < -0.3 is 5.43 Å². The summed E-state index contributed by atoms with van der Waals surface area (Å²) in [5.41, 5.74) is 6.22. The predicted molar refractivity (Wildman–Crippen MR) is 72.9 cm³/mol. The van der Waals surface area contributed by atoms with Crippen LogP contribution in [-0.4, -0.2) is 4.98 Å². The van der Waals surface area contributed by atoms with E-state index in [1.165, 1.54) is 10.9 Å². The van der Waals surface area contributed by atoms with E-state index in [1.807, 2.05) is 0 Å². The Bertz CT molecular complexity index is 520. The molecule has 0 bridgehead atoms. The Labute approximate surface area is 102 Å². The number of nitrogens with zero attached hydrogens (tertiary/aromatic N) is 1. The average molecular weight is 229 g/mol. The van der Waals surface area contributed by atoms with Crippen molar-refractivity contribution < 1.29 is 0 Å². The van der Waals surface area contributed by atoms with E-state index in [0.29, 0.717) is 0 Å². The topological polar surface area (TPSA) is 50.9 Å². The second-order valence-corrected chi connectivity index (χ2v) is 4.23. The Kier molecular flexibility index (Phi) is 3.59. The van der Waals surface area contributed by atoms with Crippen molar-refractivity contribution in [2.75, 3.05) is 5.43 Å². The SMILES string of the molecule is CCCc1cccc2cc(CC)c(NN)nc12. The Balaban J connectivity index is 2.64. The maximum atomic E-state index is 5.53. The predicted octanol–water partition coefficient (Wildman–Crippen LogP) is 3.04. The smallest absolute Gasteiger partial charge is 0.143 e. The van der Waals surface area contributed by atoms with Gasteiger partial charge in [0.25, 0.3) is 0 Å². The molecule has 0 spiro atoms. The third-order valence-electron chi connectivity index (χ3n) is 3.05. The number of aryl methyl sites for hydroxylation is 2. The standard InChI is InChI=1S/C14H19N3/c1-3-6-11-7-5-8-12-9-10(4-2)14(17-15)16-13(11)12/h5,7-9H,3-4,6,15H2,1-2H3,(H,16,17). The molecule has 0 saturated carbocycles. The summed E-state index contributed by atoms with van der Waals surface area (Å²) in [6.07, 6.45) is 3.11. The van der Waals surface area contributed by atoms with Crippen LogP contribution in [0.1, 0.15) is 31.4 Å². The van der Waals surface area contributed by atoms with Gasteiger partial charge in [-0.2, -0.15) is 0 Å². The number of fused-ring (bicyclic) bond motifs is 1. The van der Waals surface area contributed by atoms with Crippen LogP contribution in [0.4, 0.5) is 5.82 Å². The van der Waals surface area contributed by atoms with Gasteiger partial charge in [-0.25, -0.2) is 10.8 Å². The van der Waals surface area contributed by atoms with E-state index >= 15 is 0 Å². The van der Waals surface area contributed by atoms with E-state index in [1.54, 1.807) is 0 Å². The van der Waals surface area contributed by atoms with Gasteiger partial charge in [-0.15, -0.1) is 0 Å². The van der Waals surface area contributed by atoms with Crippen molar-refractivity contribution in [3.63, 3.8) is 0 Å². The number of benzene rings is 1. The fraction of sp³-hybridized carbons (Fsp3) is 0.357. The molecule has 3 N–H and O–H groups in total. The van der Waals surface area contributed by atoms with E-state index in [-0.39, 0.29) is 0 Å². The van der Waals surface area contributed by atoms with Gasteiger partial charge in [-0.1, -0.05) is 38.5 Å². The van der Waals surface area contributed by atoms with E-state index in [9.17, 15) is 0 Å². The first kappa shape index (κ1) is 11.9. The van der Waals surface area contributed by atoms with Gasteiger partial charge in [-0.05, 0) is 30.0 Å². The normalized spacial score (nSPS) is 10.8. The zero-order valence-electron chi connectivity index (χ0n) is 10.5. The highest BCUT2D eigenvalue weighted by atomic mass is 15.2. The van der Waals surface area contributed by atoms with Gasteiger partial charge in [0, 0.05) is 5.39 Å². The molecule has 3 heteroatoms. The molecule has 0 unspecified atom stereocenters. The largest absolute Gasteiger partial charge is 0.308 e. The lowest BCUT2D eigenvalue weighted by Crippen LogP contribution is -2.11. The molecule has 2 rings (SSSR count). The number of aromatic nitrogens is 1. The zero-order valence-corrected chi connectivity index (χ0v) is 10.5. The highest BCUT2D eigenvalue weighted by Gasteiger charge is 2.07. The molecular weight excluding hydrogens is 210 g/mol. The van der Waals surface area contributed by atoms with E-state index in [2.05, 4.69) is 48.5 Å². The number of hydrazine groups is 1. The number of pyridine rings is 1. The molecule has 0 saturated heterocycles. The van der Waals surface area contributed by atoms with Crippen molar-refractivity contribution >= 4 is 16.7 Å². The average Bonchev–Trinajstić information content (AvgIpc) is 2.38. The molecule has 0 aliphatic heterocycles. The lowest BCUT2D eigenvalue weighted by atomic mass is 10.0. The summed E-state index contributed by atoms with van der Waals surface area (Å²) in [6, 6.07) is 8.53. The van der Waals surface area contributed by atoms with Crippen LogP contribution in [0.25, 0.3) is 10.9 Å². The lowest BCUT2D eigenvalue weighted by molar-refractivity contribution is 0.926. The van der Waals surface area contributed by atoms with Gasteiger partial charge in [0.2, 0.25) is 0 Å². The molecule has 0 radical (unpaired) electrons. The van der Waals surface area contributed by atoms with Crippen LogP contribution < -0.4 is 11.3 Å². The van der Waals surface area contributed by atoms with Gasteiger partial charge >= 0.3 is 0 Å². The van der Waals surface area contributed by atoms with Crippen molar-refractivity contribution in [2.24, 2.45) is 5.84 Å². The molecule has 2 aromatic rings. The first-order valence-electron chi connectivity index (χ1n) is 6.18. The molecule has 0 atom stereocenters. The molecule has 90 valence electrons. The van der Waals surface area contributed by atoms with Crippen molar-refractivity contribution in [2.45, 2.75) is 33.1 Å². The van der Waals surface area contributed by atoms with Gasteiger partial charge in [0.05, 0.1) is 5.52 Å². The first-order chi connectivity index (χ1) is 8.30. The summed E-state index contributed by atoms with van der Waals surface area (Å²) in [6.45, 7) is 4.29. The highest BCUT2D eigenvalue weighted by Crippen LogP contribution is 2.23. The third kappa shape index (κ3) is 2.24. The van der Waals surface area contributed by atoms with Crippen LogP contribution in [-0.2, 0) is 12.8 Å². The number of nitrogens with two attached hydrogens (primary N) is 1. The number of hydrogen-bond acceptors (Lipinski definition) is 3. The summed E-state index contributed by atoms with van der Waals surface area (Å²) < 4.78 is 0. The van der Waals surface area contributed by atoms with E-state index < -0.39 is 0 Å². The summed E-state index contributed by atoms with van der Waals surface area (Å²) in [7, 11) is 0. The molecule has 17 heavy (non-hydrogen) atoms. The molecule has 0 amide bonds. The Morgan fingerprint density at radius 3 is 2.71 bits per heavy atom. The monoisotopic (exact) mass is 229 g/mol. The molecular formula is C14H19N3. The summed E-state index contributed by atoms with van der Waals surface area (Å²) in [5.74, 6) is 6.32. The number of nitrogens with one attached hydrogen (secondary N) is 1. The van der Waals surface area contributed by atoms with Crippen molar-refractivity contribution in [3.8, 4) is 0 Å². The molecule has 0 aliphatic rings. The van der Waals surface area contributed by atoms with Crippen LogP contribution >= 0.6 is 0 Å². The van der Waals surface area contributed by atoms with E-state index in [0.717, 1.165) is 36.2 Å². The zero-order chi connectivity index (χ0) is 12.3. The van der Waals surface area contributed by atoms with Crippen LogP contribution in [0.15, 0.2) is 24.3 Å². The minimum absolute atomic E-state index is 0.795. The maximum absolute atomic E-state index is 5.53. The molecule has 1 heterocycles. The second-order valence-electron chi connectivity index (χ2n) is 4.23. The third-order valence-corrected chi connectivity index (χ3v) is 3.05. The minimum atomic E-state index is 0.795. The first-order valence-corrected chi connectivity index (χ1v) is 6.18. The Morgan fingerprint density at radius 2 is 2.06 bits per heavy atom. The number of anilines is 1. The van der Waals surface area contributed by atoms with Gasteiger partial charge in [0.15, 0.2) is 0 Å². The highest BCUT2D eigenvalue weighted by molar-refractivity contribution is 5.84. The van der Waals surface area contributed by atoms with Crippen LogP contribution in [0.3, 0.4) is 0 Å². The quantitative estimate of drug-likeness (QED) is 0.626. The number of para-hydroxylation sites is 1. The Hall–Kier alpha value is -1.61. The number of hydrogen-bond donors (Lipinski definition) is 2. The van der Waals surface area contributed by atoms with Crippen molar-refractivity contribution in [1.82, 2.24) is 4.98 Å². The molecule has 3 nitrogen and oxygen atoms in total. The van der Waals surface area contributed by atoms with Gasteiger partial charge in [-0.3, -0.25) is 0 Å². The second kappa shape index (κ2) is 5.15. The van der Waals surface area contributed by atoms with Crippen LogP contribution in [0, 0.1) is 0 Å². The minimum Gasteiger partial charge on any atom is -0.308 e. The fourth-order valence-electron chi connectivity index (χ4n) is 2.17. The number of rotatable bonds is 4. The van der Waals surface area contributed by atoms with Crippen LogP contribution in [0.5, 0.6) is 0 Å².